The van der Waals surface area contributed by atoms with Gasteiger partial charge in [0.05, 0.1) is 17.6 Å². The number of nitrogens with zero attached hydrogens (tertiary/aromatic N) is 1. The van der Waals surface area contributed by atoms with Crippen molar-refractivity contribution in [2.45, 2.75) is 50.7 Å². The zero-order valence-corrected chi connectivity index (χ0v) is 19.2. The third kappa shape index (κ3) is 6.06. The van der Waals surface area contributed by atoms with Gasteiger partial charge in [0.1, 0.15) is 5.75 Å². The van der Waals surface area contributed by atoms with Gasteiger partial charge in [0.15, 0.2) is 0 Å². The lowest BCUT2D eigenvalue weighted by Crippen LogP contribution is -2.31. The number of amides is 1. The minimum absolute atomic E-state index is 0.0271. The number of carbonyl (C=O) groups is 1. The van der Waals surface area contributed by atoms with Crippen molar-refractivity contribution in [1.29, 1.82) is 0 Å². The van der Waals surface area contributed by atoms with E-state index in [4.69, 9.17) is 4.74 Å². The third-order valence-electron chi connectivity index (χ3n) is 5.31. The molecule has 1 amide bonds. The number of methoxy groups -OCH3 is 1. The average Bonchev–Trinajstić information content (AvgIpc) is 3.25. The summed E-state index contributed by atoms with van der Waals surface area (Å²) in [7, 11) is -2.36. The van der Waals surface area contributed by atoms with Crippen molar-refractivity contribution < 1.29 is 17.9 Å². The molecule has 2 aromatic carbocycles. The molecule has 7 nitrogen and oxygen atoms in total. The summed E-state index contributed by atoms with van der Waals surface area (Å²) in [6, 6.07) is 12.1. The molecule has 0 aromatic heterocycles. The van der Waals surface area contributed by atoms with Gasteiger partial charge in [0, 0.05) is 19.1 Å². The standard InChI is InChI=1S/C23H31N3O4S/c1-17(2)25-23(27)21-14-20(10-11-22(21)30-3)31(28,29)24-15-18-8-4-5-9-19(18)16-26-12-6-7-13-26/h4-5,8-11,14,17,24H,6-7,12-13,15-16H2,1-3H3,(H,25,27). The minimum Gasteiger partial charge on any atom is -0.496 e. The molecular weight excluding hydrogens is 414 g/mol. The van der Waals surface area contributed by atoms with Crippen LogP contribution in [0.3, 0.4) is 0 Å². The molecule has 0 aliphatic carbocycles. The fraction of sp³-hybridized carbons (Fsp3) is 0.435. The number of nitrogens with one attached hydrogen (secondary N) is 2. The van der Waals surface area contributed by atoms with Crippen LogP contribution in [0.4, 0.5) is 0 Å². The van der Waals surface area contributed by atoms with Crippen LogP contribution in [-0.4, -0.2) is 45.5 Å². The molecule has 0 spiro atoms. The summed E-state index contributed by atoms with van der Waals surface area (Å²) in [5.41, 5.74) is 2.26. The second-order valence-electron chi connectivity index (χ2n) is 8.07. The van der Waals surface area contributed by atoms with Crippen molar-refractivity contribution in [1.82, 2.24) is 14.9 Å². The Bertz CT molecular complexity index is 1020. The van der Waals surface area contributed by atoms with Gasteiger partial charge in [0.2, 0.25) is 10.0 Å². The third-order valence-corrected chi connectivity index (χ3v) is 6.71. The lowest BCUT2D eigenvalue weighted by molar-refractivity contribution is 0.0940. The smallest absolute Gasteiger partial charge is 0.255 e. The summed E-state index contributed by atoms with van der Waals surface area (Å²) < 4.78 is 33.9. The van der Waals surface area contributed by atoms with Crippen LogP contribution in [0.15, 0.2) is 47.4 Å². The molecule has 1 heterocycles. The molecule has 0 radical (unpaired) electrons. The van der Waals surface area contributed by atoms with E-state index in [1.54, 1.807) is 0 Å². The van der Waals surface area contributed by atoms with Gasteiger partial charge >= 0.3 is 0 Å². The number of carbonyl (C=O) groups excluding carboxylic acids is 1. The van der Waals surface area contributed by atoms with Gasteiger partial charge in [-0.05, 0) is 69.1 Å². The summed E-state index contributed by atoms with van der Waals surface area (Å²) in [6.07, 6.45) is 2.41. The highest BCUT2D eigenvalue weighted by molar-refractivity contribution is 7.89. The second-order valence-corrected chi connectivity index (χ2v) is 9.83. The summed E-state index contributed by atoms with van der Waals surface area (Å²) in [5.74, 6) is -0.0482. The Kier molecular flexibility index (Phi) is 7.69. The van der Waals surface area contributed by atoms with Crippen molar-refractivity contribution in [3.8, 4) is 5.75 Å². The Balaban J connectivity index is 1.78. The van der Waals surface area contributed by atoms with Crippen LogP contribution < -0.4 is 14.8 Å². The molecule has 3 rings (SSSR count). The van der Waals surface area contributed by atoms with Crippen molar-refractivity contribution in [2.24, 2.45) is 0 Å². The van der Waals surface area contributed by atoms with Crippen LogP contribution in [0.1, 0.15) is 48.2 Å². The van der Waals surface area contributed by atoms with E-state index in [-0.39, 0.29) is 29.0 Å². The zero-order chi connectivity index (χ0) is 22.4. The van der Waals surface area contributed by atoms with Crippen LogP contribution in [-0.2, 0) is 23.1 Å². The molecule has 168 valence electrons. The molecule has 0 bridgehead atoms. The summed E-state index contributed by atoms with van der Waals surface area (Å²) in [5, 5.41) is 2.77. The van der Waals surface area contributed by atoms with E-state index < -0.39 is 10.0 Å². The maximum Gasteiger partial charge on any atom is 0.255 e. The molecule has 31 heavy (non-hydrogen) atoms. The van der Waals surface area contributed by atoms with Gasteiger partial charge in [-0.1, -0.05) is 24.3 Å². The van der Waals surface area contributed by atoms with Crippen molar-refractivity contribution >= 4 is 15.9 Å². The second kappa shape index (κ2) is 10.3. The largest absolute Gasteiger partial charge is 0.496 e. The first kappa shape index (κ1) is 23.2. The van der Waals surface area contributed by atoms with Gasteiger partial charge in [-0.25, -0.2) is 13.1 Å². The maximum absolute atomic E-state index is 13.0. The summed E-state index contributed by atoms with van der Waals surface area (Å²) >= 11 is 0. The predicted octanol–water partition coefficient (Wildman–Crippen LogP) is 2.91. The molecule has 0 saturated carbocycles. The Morgan fingerprint density at radius 1 is 1.10 bits per heavy atom. The van der Waals surface area contributed by atoms with Crippen LogP contribution in [0, 0.1) is 0 Å². The lowest BCUT2D eigenvalue weighted by Gasteiger charge is -2.18. The van der Waals surface area contributed by atoms with Crippen molar-refractivity contribution in [3.05, 3.63) is 59.2 Å². The van der Waals surface area contributed by atoms with E-state index >= 15 is 0 Å². The molecule has 2 aromatic rings. The van der Waals surface area contributed by atoms with E-state index in [0.29, 0.717) is 5.75 Å². The van der Waals surface area contributed by atoms with E-state index in [2.05, 4.69) is 14.9 Å². The summed E-state index contributed by atoms with van der Waals surface area (Å²) in [6.45, 7) is 6.84. The molecule has 8 heteroatoms. The van der Waals surface area contributed by atoms with Gasteiger partial charge in [0.25, 0.3) is 5.91 Å². The van der Waals surface area contributed by atoms with Crippen LogP contribution >= 0.6 is 0 Å². The van der Waals surface area contributed by atoms with Crippen LogP contribution in [0.2, 0.25) is 0 Å². The van der Waals surface area contributed by atoms with Crippen molar-refractivity contribution in [2.75, 3.05) is 20.2 Å². The Morgan fingerprint density at radius 3 is 2.42 bits per heavy atom. The molecule has 0 unspecified atom stereocenters. The number of benzene rings is 2. The van der Waals surface area contributed by atoms with Gasteiger partial charge in [-0.2, -0.15) is 0 Å². The van der Waals surface area contributed by atoms with Gasteiger partial charge in [-0.15, -0.1) is 0 Å². The number of ether oxygens (including phenoxy) is 1. The molecular formula is C23H31N3O4S. The lowest BCUT2D eigenvalue weighted by atomic mass is 10.1. The van der Waals surface area contributed by atoms with E-state index in [1.165, 1.54) is 38.2 Å². The highest BCUT2D eigenvalue weighted by Gasteiger charge is 2.21. The number of hydrogen-bond acceptors (Lipinski definition) is 5. The number of likely N-dealkylation sites (tertiary alicyclic amines) is 1. The minimum atomic E-state index is -3.81. The Hall–Kier alpha value is -2.42. The maximum atomic E-state index is 13.0. The predicted molar refractivity (Wildman–Crippen MR) is 121 cm³/mol. The first-order chi connectivity index (χ1) is 14.8. The Morgan fingerprint density at radius 2 is 1.77 bits per heavy atom. The summed E-state index contributed by atoms with van der Waals surface area (Å²) in [4.78, 5) is 14.9. The number of sulfonamides is 1. The molecule has 0 atom stereocenters. The number of hydrogen-bond donors (Lipinski definition) is 2. The van der Waals surface area contributed by atoms with E-state index in [0.717, 1.165) is 30.8 Å². The van der Waals surface area contributed by atoms with Gasteiger partial charge < -0.3 is 10.1 Å². The fourth-order valence-corrected chi connectivity index (χ4v) is 4.73. The highest BCUT2D eigenvalue weighted by Crippen LogP contribution is 2.23. The van der Waals surface area contributed by atoms with Crippen molar-refractivity contribution in [3.63, 3.8) is 0 Å². The fourth-order valence-electron chi connectivity index (χ4n) is 3.69. The molecule has 1 aliphatic heterocycles. The monoisotopic (exact) mass is 445 g/mol. The first-order valence-electron chi connectivity index (χ1n) is 10.6. The Labute approximate surface area is 184 Å². The zero-order valence-electron chi connectivity index (χ0n) is 18.3. The average molecular weight is 446 g/mol. The topological polar surface area (TPSA) is 87.7 Å². The quantitative estimate of drug-likeness (QED) is 0.620. The highest BCUT2D eigenvalue weighted by atomic mass is 32.2. The van der Waals surface area contributed by atoms with E-state index in [1.807, 2.05) is 38.1 Å². The number of rotatable bonds is 9. The van der Waals surface area contributed by atoms with Crippen LogP contribution in [0.25, 0.3) is 0 Å². The SMILES string of the molecule is COc1ccc(S(=O)(=O)NCc2ccccc2CN2CCCC2)cc1C(=O)NC(C)C. The normalized spacial score (nSPS) is 14.7. The molecule has 1 saturated heterocycles. The molecule has 1 fully saturated rings. The molecule has 2 N–H and O–H groups in total. The van der Waals surface area contributed by atoms with Crippen LogP contribution in [0.5, 0.6) is 5.75 Å². The van der Waals surface area contributed by atoms with Gasteiger partial charge in [-0.3, -0.25) is 9.69 Å². The first-order valence-corrected chi connectivity index (χ1v) is 12.1. The molecule has 1 aliphatic rings. The van der Waals surface area contributed by atoms with E-state index in [9.17, 15) is 13.2 Å².